The van der Waals surface area contributed by atoms with Gasteiger partial charge in [0.2, 0.25) is 0 Å². The lowest BCUT2D eigenvalue weighted by Gasteiger charge is -2.03. The van der Waals surface area contributed by atoms with Crippen molar-refractivity contribution in [2.75, 3.05) is 0 Å². The van der Waals surface area contributed by atoms with Crippen LogP contribution in [-0.2, 0) is 6.42 Å². The third-order valence-corrected chi connectivity index (χ3v) is 2.03. The van der Waals surface area contributed by atoms with Crippen molar-refractivity contribution in [3.05, 3.63) is 29.8 Å². The Morgan fingerprint density at radius 1 is 1.31 bits per heavy atom. The summed E-state index contributed by atoms with van der Waals surface area (Å²) in [5.74, 6) is 0.921. The number of rotatable bonds is 3. The summed E-state index contributed by atoms with van der Waals surface area (Å²) in [7, 11) is 0. The minimum atomic E-state index is 0.446. The van der Waals surface area contributed by atoms with E-state index in [4.69, 9.17) is 10.00 Å². The highest BCUT2D eigenvalue weighted by atomic mass is 16.5. The predicted octanol–water partition coefficient (Wildman–Crippen LogP) is 2.29. The standard InChI is InChI=1S/C11H11NO/c12-8-7-9-1-3-10(4-2-9)13-11-5-6-11/h1-4,11H,5-7H2. The largest absolute Gasteiger partial charge is 0.490 e. The van der Waals surface area contributed by atoms with Crippen LogP contribution in [0.5, 0.6) is 5.75 Å². The van der Waals surface area contributed by atoms with Gasteiger partial charge in [0.25, 0.3) is 0 Å². The molecule has 13 heavy (non-hydrogen) atoms. The molecule has 2 nitrogen and oxygen atoms in total. The van der Waals surface area contributed by atoms with Crippen LogP contribution in [-0.4, -0.2) is 6.10 Å². The molecule has 0 saturated heterocycles. The second-order valence-corrected chi connectivity index (χ2v) is 3.30. The Balaban J connectivity index is 2.00. The number of nitriles is 1. The monoisotopic (exact) mass is 173 g/mol. The Bertz CT molecular complexity index is 319. The van der Waals surface area contributed by atoms with Gasteiger partial charge in [0.15, 0.2) is 0 Å². The third-order valence-electron chi connectivity index (χ3n) is 2.03. The van der Waals surface area contributed by atoms with Crippen molar-refractivity contribution < 1.29 is 4.74 Å². The Morgan fingerprint density at radius 3 is 2.54 bits per heavy atom. The van der Waals surface area contributed by atoms with Crippen LogP contribution in [0.25, 0.3) is 0 Å². The summed E-state index contributed by atoms with van der Waals surface area (Å²) < 4.78 is 5.58. The van der Waals surface area contributed by atoms with Crippen LogP contribution in [0, 0.1) is 11.3 Å². The van der Waals surface area contributed by atoms with E-state index in [-0.39, 0.29) is 0 Å². The fourth-order valence-electron chi connectivity index (χ4n) is 1.16. The second-order valence-electron chi connectivity index (χ2n) is 3.30. The Morgan fingerprint density at radius 2 is 2.00 bits per heavy atom. The zero-order valence-corrected chi connectivity index (χ0v) is 7.36. The summed E-state index contributed by atoms with van der Waals surface area (Å²) in [4.78, 5) is 0. The molecule has 1 aliphatic rings. The highest BCUT2D eigenvalue weighted by Gasteiger charge is 2.23. The molecule has 0 aromatic heterocycles. The molecule has 1 aromatic carbocycles. The van der Waals surface area contributed by atoms with Crippen LogP contribution in [0.4, 0.5) is 0 Å². The summed E-state index contributed by atoms with van der Waals surface area (Å²) >= 11 is 0. The van der Waals surface area contributed by atoms with E-state index in [0.29, 0.717) is 12.5 Å². The zero-order chi connectivity index (χ0) is 9.10. The predicted molar refractivity (Wildman–Crippen MR) is 49.4 cm³/mol. The molecule has 0 aliphatic heterocycles. The Labute approximate surface area is 77.8 Å². The van der Waals surface area contributed by atoms with Crippen molar-refractivity contribution in [3.63, 3.8) is 0 Å². The first kappa shape index (κ1) is 8.12. The zero-order valence-electron chi connectivity index (χ0n) is 7.36. The van der Waals surface area contributed by atoms with E-state index in [1.165, 1.54) is 12.8 Å². The highest BCUT2D eigenvalue weighted by molar-refractivity contribution is 5.29. The van der Waals surface area contributed by atoms with Crippen molar-refractivity contribution in [1.29, 1.82) is 5.26 Å². The fraction of sp³-hybridized carbons (Fsp3) is 0.364. The second kappa shape index (κ2) is 3.49. The normalized spacial score (nSPS) is 15.0. The minimum absolute atomic E-state index is 0.446. The molecule has 0 N–H and O–H groups in total. The van der Waals surface area contributed by atoms with Crippen molar-refractivity contribution >= 4 is 0 Å². The smallest absolute Gasteiger partial charge is 0.119 e. The average molecular weight is 173 g/mol. The molecule has 1 aromatic rings. The molecule has 0 heterocycles. The summed E-state index contributed by atoms with van der Waals surface area (Å²) in [6, 6.07) is 9.88. The van der Waals surface area contributed by atoms with Crippen molar-refractivity contribution in [2.24, 2.45) is 0 Å². The van der Waals surface area contributed by atoms with E-state index in [2.05, 4.69) is 6.07 Å². The van der Waals surface area contributed by atoms with E-state index >= 15 is 0 Å². The quantitative estimate of drug-likeness (QED) is 0.702. The molecule has 0 bridgehead atoms. The number of nitrogens with zero attached hydrogens (tertiary/aromatic N) is 1. The maximum absolute atomic E-state index is 8.46. The summed E-state index contributed by atoms with van der Waals surface area (Å²) in [6.07, 6.45) is 3.28. The van der Waals surface area contributed by atoms with Gasteiger partial charge < -0.3 is 4.74 Å². The van der Waals surface area contributed by atoms with Gasteiger partial charge in [-0.05, 0) is 30.5 Å². The number of ether oxygens (including phenoxy) is 1. The van der Waals surface area contributed by atoms with E-state index in [9.17, 15) is 0 Å². The third kappa shape index (κ3) is 2.22. The van der Waals surface area contributed by atoms with E-state index in [0.717, 1.165) is 11.3 Å². The van der Waals surface area contributed by atoms with Crippen LogP contribution < -0.4 is 4.74 Å². The SMILES string of the molecule is N#CCc1ccc(OC2CC2)cc1. The van der Waals surface area contributed by atoms with Crippen LogP contribution >= 0.6 is 0 Å². The van der Waals surface area contributed by atoms with Gasteiger partial charge in [-0.1, -0.05) is 12.1 Å². The molecule has 1 saturated carbocycles. The fourth-order valence-corrected chi connectivity index (χ4v) is 1.16. The molecule has 0 amide bonds. The molecule has 0 radical (unpaired) electrons. The maximum atomic E-state index is 8.46. The molecular weight excluding hydrogens is 162 g/mol. The van der Waals surface area contributed by atoms with Gasteiger partial charge in [-0.15, -0.1) is 0 Å². The van der Waals surface area contributed by atoms with Gasteiger partial charge in [-0.25, -0.2) is 0 Å². The van der Waals surface area contributed by atoms with Gasteiger partial charge in [0.1, 0.15) is 5.75 Å². The summed E-state index contributed by atoms with van der Waals surface area (Å²) in [6.45, 7) is 0. The number of benzene rings is 1. The first-order valence-corrected chi connectivity index (χ1v) is 4.51. The van der Waals surface area contributed by atoms with Crippen molar-refractivity contribution in [1.82, 2.24) is 0 Å². The molecule has 0 unspecified atom stereocenters. The first-order chi connectivity index (χ1) is 6.38. The average Bonchev–Trinajstić information content (AvgIpc) is 2.93. The van der Waals surface area contributed by atoms with Crippen LogP contribution in [0.1, 0.15) is 18.4 Å². The minimum Gasteiger partial charge on any atom is -0.490 e. The van der Waals surface area contributed by atoms with Gasteiger partial charge in [-0.2, -0.15) is 5.26 Å². The topological polar surface area (TPSA) is 33.0 Å². The summed E-state index contributed by atoms with van der Waals surface area (Å²) in [5.41, 5.74) is 1.05. The lowest BCUT2D eigenvalue weighted by atomic mass is 10.2. The van der Waals surface area contributed by atoms with E-state index in [1.807, 2.05) is 24.3 Å². The van der Waals surface area contributed by atoms with Gasteiger partial charge in [-0.3, -0.25) is 0 Å². The molecule has 66 valence electrons. The van der Waals surface area contributed by atoms with Crippen molar-refractivity contribution in [3.8, 4) is 11.8 Å². The van der Waals surface area contributed by atoms with Gasteiger partial charge in [0.05, 0.1) is 18.6 Å². The van der Waals surface area contributed by atoms with Crippen LogP contribution in [0.15, 0.2) is 24.3 Å². The summed E-state index contributed by atoms with van der Waals surface area (Å²) in [5, 5.41) is 8.46. The van der Waals surface area contributed by atoms with Gasteiger partial charge in [0, 0.05) is 0 Å². The number of hydrogen-bond acceptors (Lipinski definition) is 2. The molecule has 0 atom stereocenters. The van der Waals surface area contributed by atoms with Crippen LogP contribution in [0.2, 0.25) is 0 Å². The van der Waals surface area contributed by atoms with Gasteiger partial charge >= 0.3 is 0 Å². The first-order valence-electron chi connectivity index (χ1n) is 4.51. The Kier molecular flexibility index (Phi) is 2.18. The highest BCUT2D eigenvalue weighted by Crippen LogP contribution is 2.26. The number of hydrogen-bond donors (Lipinski definition) is 0. The lowest BCUT2D eigenvalue weighted by molar-refractivity contribution is 0.303. The van der Waals surface area contributed by atoms with E-state index < -0.39 is 0 Å². The molecule has 2 rings (SSSR count). The maximum Gasteiger partial charge on any atom is 0.119 e. The van der Waals surface area contributed by atoms with E-state index in [1.54, 1.807) is 0 Å². The molecule has 1 fully saturated rings. The van der Waals surface area contributed by atoms with Crippen molar-refractivity contribution in [2.45, 2.75) is 25.4 Å². The van der Waals surface area contributed by atoms with Crippen LogP contribution in [0.3, 0.4) is 0 Å². The Hall–Kier alpha value is -1.49. The molecular formula is C11H11NO. The molecule has 1 aliphatic carbocycles. The lowest BCUT2D eigenvalue weighted by Crippen LogP contribution is -1.95. The molecule has 2 heteroatoms. The molecule has 0 spiro atoms.